The summed E-state index contributed by atoms with van der Waals surface area (Å²) in [5.41, 5.74) is 1.04. The molecule has 0 bridgehead atoms. The summed E-state index contributed by atoms with van der Waals surface area (Å²) < 4.78 is 0. The van der Waals surface area contributed by atoms with Gasteiger partial charge in [0.15, 0.2) is 0 Å². The van der Waals surface area contributed by atoms with Crippen LogP contribution in [0.2, 0.25) is 10.0 Å². The molecule has 1 aliphatic carbocycles. The maximum absolute atomic E-state index is 12.1. The molecule has 0 spiro atoms. The number of hydrogen-bond donors (Lipinski definition) is 2. The Labute approximate surface area is 135 Å². The first kappa shape index (κ1) is 15.1. The highest BCUT2D eigenvalue weighted by Crippen LogP contribution is 2.50. The Balaban J connectivity index is 1.46. The summed E-state index contributed by atoms with van der Waals surface area (Å²) in [5, 5.41) is 7.71. The lowest BCUT2D eigenvalue weighted by Crippen LogP contribution is -2.28. The monoisotopic (exact) mass is 326 g/mol. The average molecular weight is 327 g/mol. The Morgan fingerprint density at radius 3 is 2.95 bits per heavy atom. The molecule has 1 heterocycles. The fourth-order valence-electron chi connectivity index (χ4n) is 3.12. The van der Waals surface area contributed by atoms with Crippen LogP contribution in [-0.2, 0) is 4.79 Å². The molecule has 2 N–H and O–H groups in total. The maximum Gasteiger partial charge on any atom is 0.223 e. The lowest BCUT2D eigenvalue weighted by molar-refractivity contribution is -0.122. The Kier molecular flexibility index (Phi) is 4.72. The molecule has 1 amide bonds. The minimum atomic E-state index is 0.0744. The molecule has 1 saturated carbocycles. The van der Waals surface area contributed by atoms with Crippen molar-refractivity contribution >= 4 is 29.1 Å². The summed E-state index contributed by atoms with van der Waals surface area (Å²) in [6.07, 6.45) is 3.18. The van der Waals surface area contributed by atoms with Crippen LogP contribution in [0.15, 0.2) is 18.2 Å². The molecule has 0 aromatic heterocycles. The second-order valence-corrected chi connectivity index (χ2v) is 6.90. The molecule has 21 heavy (non-hydrogen) atoms. The highest BCUT2D eigenvalue weighted by atomic mass is 35.5. The summed E-state index contributed by atoms with van der Waals surface area (Å²) >= 11 is 12.1. The van der Waals surface area contributed by atoms with Crippen molar-refractivity contribution in [3.8, 4) is 0 Å². The lowest BCUT2D eigenvalue weighted by Gasteiger charge is -2.09. The molecule has 3 atom stereocenters. The van der Waals surface area contributed by atoms with Crippen molar-refractivity contribution in [3.63, 3.8) is 0 Å². The van der Waals surface area contributed by atoms with E-state index in [4.69, 9.17) is 23.2 Å². The largest absolute Gasteiger partial charge is 0.356 e. The molecule has 2 aliphatic rings. The van der Waals surface area contributed by atoms with Crippen molar-refractivity contribution in [2.45, 2.75) is 25.2 Å². The molecule has 3 rings (SSSR count). The van der Waals surface area contributed by atoms with E-state index in [2.05, 4.69) is 10.6 Å². The first-order chi connectivity index (χ1) is 10.1. The van der Waals surface area contributed by atoms with Crippen LogP contribution in [0.5, 0.6) is 0 Å². The van der Waals surface area contributed by atoms with Gasteiger partial charge in [0.1, 0.15) is 0 Å². The smallest absolute Gasteiger partial charge is 0.223 e. The van der Waals surface area contributed by atoms with Gasteiger partial charge in [-0.1, -0.05) is 29.3 Å². The first-order valence-electron chi connectivity index (χ1n) is 7.58. The molecule has 1 aromatic rings. The van der Waals surface area contributed by atoms with E-state index in [-0.39, 0.29) is 17.7 Å². The summed E-state index contributed by atoms with van der Waals surface area (Å²) in [5.74, 6) is 1.20. The molecule has 5 heteroatoms. The summed E-state index contributed by atoms with van der Waals surface area (Å²) in [6, 6.07) is 5.52. The molecule has 1 saturated heterocycles. The van der Waals surface area contributed by atoms with E-state index < -0.39 is 0 Å². The molecular weight excluding hydrogens is 307 g/mol. The van der Waals surface area contributed by atoms with Crippen molar-refractivity contribution < 1.29 is 4.79 Å². The average Bonchev–Trinajstić information content (AvgIpc) is 3.06. The van der Waals surface area contributed by atoms with Gasteiger partial charge in [0.2, 0.25) is 5.91 Å². The van der Waals surface area contributed by atoms with Gasteiger partial charge in [-0.15, -0.1) is 0 Å². The lowest BCUT2D eigenvalue weighted by atomic mass is 10.1. The van der Waals surface area contributed by atoms with Gasteiger partial charge in [0.05, 0.1) is 0 Å². The molecule has 114 valence electrons. The molecule has 3 nitrogen and oxygen atoms in total. The zero-order valence-electron chi connectivity index (χ0n) is 11.9. The number of carbonyl (C=O) groups excluding carboxylic acids is 1. The van der Waals surface area contributed by atoms with E-state index in [1.165, 1.54) is 6.42 Å². The SMILES string of the molecule is O=C(NCCC1CCNC1)C1CC1c1ccc(Cl)cc1Cl. The summed E-state index contributed by atoms with van der Waals surface area (Å²) in [4.78, 5) is 12.1. The predicted molar refractivity (Wildman–Crippen MR) is 85.9 cm³/mol. The Bertz CT molecular complexity index is 529. The van der Waals surface area contributed by atoms with E-state index >= 15 is 0 Å². The minimum Gasteiger partial charge on any atom is -0.356 e. The molecule has 1 aliphatic heterocycles. The highest BCUT2D eigenvalue weighted by molar-refractivity contribution is 6.35. The van der Waals surface area contributed by atoms with Gasteiger partial charge in [-0.25, -0.2) is 0 Å². The van der Waals surface area contributed by atoms with Crippen LogP contribution >= 0.6 is 23.2 Å². The summed E-state index contributed by atoms with van der Waals surface area (Å²) in [7, 11) is 0. The van der Waals surface area contributed by atoms with Gasteiger partial charge in [-0.3, -0.25) is 4.79 Å². The van der Waals surface area contributed by atoms with Gasteiger partial charge in [0, 0.05) is 22.5 Å². The van der Waals surface area contributed by atoms with Gasteiger partial charge >= 0.3 is 0 Å². The van der Waals surface area contributed by atoms with Crippen molar-refractivity contribution in [1.82, 2.24) is 10.6 Å². The second-order valence-electron chi connectivity index (χ2n) is 6.05. The van der Waals surface area contributed by atoms with E-state index in [0.717, 1.165) is 38.0 Å². The van der Waals surface area contributed by atoms with Crippen LogP contribution in [0.1, 0.15) is 30.7 Å². The Morgan fingerprint density at radius 1 is 1.38 bits per heavy atom. The van der Waals surface area contributed by atoms with Gasteiger partial charge in [-0.05, 0) is 61.9 Å². The molecule has 3 unspecified atom stereocenters. The van der Waals surface area contributed by atoms with Crippen LogP contribution in [0, 0.1) is 11.8 Å². The fourth-order valence-corrected chi connectivity index (χ4v) is 3.67. The molecule has 1 aromatic carbocycles. The zero-order chi connectivity index (χ0) is 14.8. The van der Waals surface area contributed by atoms with Crippen molar-refractivity contribution in [2.75, 3.05) is 19.6 Å². The van der Waals surface area contributed by atoms with Crippen molar-refractivity contribution in [1.29, 1.82) is 0 Å². The number of benzene rings is 1. The molecular formula is C16H20Cl2N2O. The number of nitrogens with one attached hydrogen (secondary N) is 2. The predicted octanol–water partition coefficient (Wildman–Crippen LogP) is 3.21. The zero-order valence-corrected chi connectivity index (χ0v) is 13.4. The summed E-state index contributed by atoms with van der Waals surface area (Å²) in [6.45, 7) is 2.98. The van der Waals surface area contributed by atoms with E-state index in [1.807, 2.05) is 12.1 Å². The van der Waals surface area contributed by atoms with Crippen molar-refractivity contribution in [3.05, 3.63) is 33.8 Å². The highest BCUT2D eigenvalue weighted by Gasteiger charge is 2.44. The number of carbonyl (C=O) groups is 1. The Morgan fingerprint density at radius 2 is 2.24 bits per heavy atom. The van der Waals surface area contributed by atoms with Gasteiger partial charge in [-0.2, -0.15) is 0 Å². The standard InChI is InChI=1S/C16H20Cl2N2O/c17-11-1-2-12(15(18)7-11)13-8-14(13)16(21)20-6-4-10-3-5-19-9-10/h1-2,7,10,13-14,19H,3-6,8-9H2,(H,20,21). The topological polar surface area (TPSA) is 41.1 Å². The van der Waals surface area contributed by atoms with E-state index in [9.17, 15) is 4.79 Å². The fraction of sp³-hybridized carbons (Fsp3) is 0.562. The molecule has 2 fully saturated rings. The third kappa shape index (κ3) is 3.71. The van der Waals surface area contributed by atoms with E-state index in [0.29, 0.717) is 16.0 Å². The number of rotatable bonds is 5. The normalized spacial score (nSPS) is 27.6. The van der Waals surface area contributed by atoms with Crippen LogP contribution in [0.25, 0.3) is 0 Å². The van der Waals surface area contributed by atoms with Crippen LogP contribution < -0.4 is 10.6 Å². The van der Waals surface area contributed by atoms with Crippen LogP contribution in [-0.4, -0.2) is 25.5 Å². The number of halogens is 2. The van der Waals surface area contributed by atoms with Crippen LogP contribution in [0.3, 0.4) is 0 Å². The maximum atomic E-state index is 12.1. The quantitative estimate of drug-likeness (QED) is 0.872. The van der Waals surface area contributed by atoms with Crippen molar-refractivity contribution in [2.24, 2.45) is 11.8 Å². The third-order valence-electron chi connectivity index (χ3n) is 4.50. The number of amides is 1. The van der Waals surface area contributed by atoms with Crippen LogP contribution in [0.4, 0.5) is 0 Å². The molecule has 0 radical (unpaired) electrons. The second kappa shape index (κ2) is 6.55. The van der Waals surface area contributed by atoms with Gasteiger partial charge in [0.25, 0.3) is 0 Å². The first-order valence-corrected chi connectivity index (χ1v) is 8.34. The van der Waals surface area contributed by atoms with Gasteiger partial charge < -0.3 is 10.6 Å². The third-order valence-corrected chi connectivity index (χ3v) is 5.07. The number of hydrogen-bond acceptors (Lipinski definition) is 2. The minimum absolute atomic E-state index is 0.0744. The Hall–Kier alpha value is -0.770. The van der Waals surface area contributed by atoms with E-state index in [1.54, 1.807) is 6.07 Å².